The fourth-order valence-electron chi connectivity index (χ4n) is 1.46. The molecule has 0 aliphatic carbocycles. The van der Waals surface area contributed by atoms with Crippen molar-refractivity contribution in [3.8, 4) is 0 Å². The molecular weight excluding hydrogens is 273 g/mol. The summed E-state index contributed by atoms with van der Waals surface area (Å²) in [4.78, 5) is 11.6. The molecule has 0 spiro atoms. The van der Waals surface area contributed by atoms with Gasteiger partial charge in [-0.3, -0.25) is 4.79 Å². The van der Waals surface area contributed by atoms with Gasteiger partial charge >= 0.3 is 6.18 Å². The van der Waals surface area contributed by atoms with E-state index in [2.05, 4.69) is 15.7 Å². The van der Waals surface area contributed by atoms with E-state index in [0.29, 0.717) is 17.8 Å². The largest absolute Gasteiger partial charge is 0.408 e. The van der Waals surface area contributed by atoms with Crippen LogP contribution in [0.2, 0.25) is 5.02 Å². The Hall–Kier alpha value is -1.28. The normalized spacial score (nSPS) is 16.4. The number of alkyl halides is 3. The molecule has 9 heteroatoms. The number of hydrogen-bond acceptors (Lipinski definition) is 4. The monoisotopic (exact) mass is 282 g/mol. The lowest BCUT2D eigenvalue weighted by atomic mass is 10.2. The van der Waals surface area contributed by atoms with Crippen molar-refractivity contribution >= 4 is 17.3 Å². The van der Waals surface area contributed by atoms with Gasteiger partial charge in [0, 0.05) is 13.1 Å². The molecular formula is C9H10ClF3N4O. The number of rotatable bonds is 3. The van der Waals surface area contributed by atoms with E-state index < -0.39 is 18.3 Å². The second-order valence-corrected chi connectivity index (χ2v) is 4.33. The minimum atomic E-state index is -4.51. The van der Waals surface area contributed by atoms with E-state index >= 15 is 0 Å². The van der Waals surface area contributed by atoms with E-state index in [1.807, 2.05) is 0 Å². The minimum Gasteiger partial charge on any atom is -0.377 e. The highest BCUT2D eigenvalue weighted by atomic mass is 35.5. The lowest BCUT2D eigenvalue weighted by Crippen LogP contribution is -2.51. The summed E-state index contributed by atoms with van der Waals surface area (Å²) in [5.74, 6) is 0. The molecule has 2 heterocycles. The van der Waals surface area contributed by atoms with Gasteiger partial charge < -0.3 is 10.6 Å². The molecule has 1 aliphatic heterocycles. The number of hydrogen-bond donors (Lipinski definition) is 2. The SMILES string of the molecule is O=c1c(Cl)c(NC2CNC2)cnn1CC(F)(F)F. The van der Waals surface area contributed by atoms with Crippen molar-refractivity contribution in [2.45, 2.75) is 18.8 Å². The van der Waals surface area contributed by atoms with Crippen LogP contribution >= 0.6 is 11.6 Å². The Bertz CT molecular complexity index is 498. The van der Waals surface area contributed by atoms with Crippen LogP contribution in [0, 0.1) is 0 Å². The van der Waals surface area contributed by atoms with E-state index in [1.165, 1.54) is 0 Å². The van der Waals surface area contributed by atoms with Crippen molar-refractivity contribution < 1.29 is 13.2 Å². The van der Waals surface area contributed by atoms with Crippen LogP contribution < -0.4 is 16.2 Å². The van der Waals surface area contributed by atoms with Gasteiger partial charge in [-0.1, -0.05) is 11.6 Å². The zero-order valence-electron chi connectivity index (χ0n) is 9.09. The standard InChI is InChI=1S/C9H10ClF3N4O/c10-7-6(16-5-1-14-2-5)3-15-17(8(7)18)4-9(11,12)13/h3,5,14,16H,1-2,4H2. The van der Waals surface area contributed by atoms with Gasteiger partial charge in [-0.25, -0.2) is 4.68 Å². The zero-order valence-corrected chi connectivity index (χ0v) is 9.85. The molecule has 0 amide bonds. The Labute approximate surface area is 105 Å². The van der Waals surface area contributed by atoms with Crippen LogP contribution in [0.5, 0.6) is 0 Å². The molecule has 1 saturated heterocycles. The van der Waals surface area contributed by atoms with Crippen LogP contribution in [0.25, 0.3) is 0 Å². The highest BCUT2D eigenvalue weighted by Gasteiger charge is 2.30. The maximum absolute atomic E-state index is 12.2. The van der Waals surface area contributed by atoms with Gasteiger partial charge in [-0.15, -0.1) is 0 Å². The Morgan fingerprint density at radius 1 is 1.56 bits per heavy atom. The lowest BCUT2D eigenvalue weighted by molar-refractivity contribution is -0.143. The van der Waals surface area contributed by atoms with E-state index in [1.54, 1.807) is 0 Å². The van der Waals surface area contributed by atoms with Gasteiger partial charge in [0.1, 0.15) is 11.6 Å². The summed E-state index contributed by atoms with van der Waals surface area (Å²) < 4.78 is 36.8. The van der Waals surface area contributed by atoms with Crippen molar-refractivity contribution in [3.05, 3.63) is 21.6 Å². The summed E-state index contributed by atoms with van der Waals surface area (Å²) in [5, 5.41) is 9.10. The third-order valence-electron chi connectivity index (χ3n) is 2.46. The molecule has 5 nitrogen and oxygen atoms in total. The van der Waals surface area contributed by atoms with Gasteiger partial charge in [0.2, 0.25) is 0 Å². The number of anilines is 1. The molecule has 100 valence electrons. The predicted molar refractivity (Wildman–Crippen MR) is 59.8 cm³/mol. The maximum atomic E-state index is 12.2. The fraction of sp³-hybridized carbons (Fsp3) is 0.556. The van der Waals surface area contributed by atoms with Gasteiger partial charge in [0.15, 0.2) is 0 Å². The first-order valence-corrected chi connectivity index (χ1v) is 5.54. The van der Waals surface area contributed by atoms with Gasteiger partial charge in [0.25, 0.3) is 5.56 Å². The summed E-state index contributed by atoms with van der Waals surface area (Å²) in [6.45, 7) is -0.0270. The van der Waals surface area contributed by atoms with Crippen LogP contribution in [0.1, 0.15) is 0 Å². The molecule has 1 aromatic heterocycles. The third kappa shape index (κ3) is 2.94. The van der Waals surface area contributed by atoms with Gasteiger partial charge in [0.05, 0.1) is 17.9 Å². The minimum absolute atomic E-state index is 0.113. The number of nitrogens with zero attached hydrogens (tertiary/aromatic N) is 2. The van der Waals surface area contributed by atoms with Gasteiger partial charge in [-0.2, -0.15) is 18.3 Å². The third-order valence-corrected chi connectivity index (χ3v) is 2.82. The van der Waals surface area contributed by atoms with Gasteiger partial charge in [-0.05, 0) is 0 Å². The van der Waals surface area contributed by atoms with Crippen LogP contribution in [0.4, 0.5) is 18.9 Å². The van der Waals surface area contributed by atoms with Crippen molar-refractivity contribution in [2.24, 2.45) is 0 Å². The summed E-state index contributed by atoms with van der Waals surface area (Å²) in [7, 11) is 0. The first-order chi connectivity index (χ1) is 8.37. The Kier molecular flexibility index (Phi) is 3.49. The number of halogens is 4. The molecule has 2 N–H and O–H groups in total. The molecule has 0 aromatic carbocycles. The number of nitrogens with one attached hydrogen (secondary N) is 2. The molecule has 0 unspecified atom stereocenters. The summed E-state index contributed by atoms with van der Waals surface area (Å²) in [5.41, 5.74) is -0.696. The Balaban J connectivity index is 2.20. The van der Waals surface area contributed by atoms with Crippen molar-refractivity contribution in [2.75, 3.05) is 18.4 Å². The predicted octanol–water partition coefficient (Wildman–Crippen LogP) is 0.843. The average Bonchev–Trinajstić information content (AvgIpc) is 2.19. The Morgan fingerprint density at radius 2 is 2.22 bits per heavy atom. The van der Waals surface area contributed by atoms with E-state index in [0.717, 1.165) is 6.20 Å². The van der Waals surface area contributed by atoms with Crippen molar-refractivity contribution in [3.63, 3.8) is 0 Å². The molecule has 18 heavy (non-hydrogen) atoms. The molecule has 0 radical (unpaired) electrons. The molecule has 2 rings (SSSR count). The first kappa shape index (κ1) is 13.2. The molecule has 1 fully saturated rings. The van der Waals surface area contributed by atoms with Crippen LogP contribution in [-0.2, 0) is 6.54 Å². The maximum Gasteiger partial charge on any atom is 0.408 e. The second-order valence-electron chi connectivity index (χ2n) is 3.95. The molecule has 0 saturated carbocycles. The van der Waals surface area contributed by atoms with Crippen LogP contribution in [-0.4, -0.2) is 35.1 Å². The number of aromatic nitrogens is 2. The lowest BCUT2D eigenvalue weighted by Gasteiger charge is -2.29. The first-order valence-electron chi connectivity index (χ1n) is 5.16. The average molecular weight is 283 g/mol. The fourth-order valence-corrected chi connectivity index (χ4v) is 1.66. The quantitative estimate of drug-likeness (QED) is 0.863. The molecule has 0 bridgehead atoms. The zero-order chi connectivity index (χ0) is 13.3. The summed E-state index contributed by atoms with van der Waals surface area (Å²) >= 11 is 5.73. The highest BCUT2D eigenvalue weighted by Crippen LogP contribution is 2.20. The van der Waals surface area contributed by atoms with Crippen LogP contribution in [0.3, 0.4) is 0 Å². The molecule has 0 atom stereocenters. The van der Waals surface area contributed by atoms with E-state index in [9.17, 15) is 18.0 Å². The topological polar surface area (TPSA) is 59.0 Å². The second kappa shape index (κ2) is 4.77. The Morgan fingerprint density at radius 3 is 2.72 bits per heavy atom. The highest BCUT2D eigenvalue weighted by molar-refractivity contribution is 6.32. The van der Waals surface area contributed by atoms with Crippen molar-refractivity contribution in [1.82, 2.24) is 15.1 Å². The van der Waals surface area contributed by atoms with Crippen molar-refractivity contribution in [1.29, 1.82) is 0 Å². The molecule has 1 aliphatic rings. The molecule has 1 aromatic rings. The van der Waals surface area contributed by atoms with E-state index in [4.69, 9.17) is 11.6 Å². The van der Waals surface area contributed by atoms with E-state index in [-0.39, 0.29) is 16.8 Å². The summed E-state index contributed by atoms with van der Waals surface area (Å²) in [6.07, 6.45) is -3.37. The summed E-state index contributed by atoms with van der Waals surface area (Å²) in [6, 6.07) is 0.113. The smallest absolute Gasteiger partial charge is 0.377 e. The van der Waals surface area contributed by atoms with Crippen LogP contribution in [0.15, 0.2) is 11.0 Å².